The van der Waals surface area contributed by atoms with Crippen LogP contribution in [0.5, 0.6) is 0 Å². The number of hydrogen-bond acceptors (Lipinski definition) is 29. The van der Waals surface area contributed by atoms with Gasteiger partial charge in [-0.05, 0) is 26.0 Å². The van der Waals surface area contributed by atoms with E-state index in [9.17, 15) is 80.5 Å². The third-order valence-corrected chi connectivity index (χ3v) is 17.3. The Hall–Kier alpha value is -1.31. The minimum atomic E-state index is -2.18. The first-order valence-corrected chi connectivity index (χ1v) is 30.4. The molecule has 0 aromatic carbocycles. The van der Waals surface area contributed by atoms with Gasteiger partial charge >= 0.3 is 35.6 Å². The van der Waals surface area contributed by atoms with E-state index in [2.05, 4.69) is 42.2 Å². The van der Waals surface area contributed by atoms with Crippen LogP contribution in [0.15, 0.2) is 6.20 Å². The number of ether oxygens (including phenoxy) is 10. The van der Waals surface area contributed by atoms with Gasteiger partial charge in [0.25, 0.3) is 0 Å². The molecule has 0 aliphatic carbocycles. The fourth-order valence-corrected chi connectivity index (χ4v) is 12.8. The molecule has 38 heteroatoms. The summed E-state index contributed by atoms with van der Waals surface area (Å²) in [4.78, 5) is 48.4. The number of rotatable bonds is 34. The largest absolute Gasteiger partial charge is 1.00 e. The Morgan fingerprint density at radius 3 is 2.09 bits per heavy atom. The van der Waals surface area contributed by atoms with E-state index in [0.29, 0.717) is 56.9 Å². The molecule has 6 fully saturated rings. The summed E-state index contributed by atoms with van der Waals surface area (Å²) in [6.07, 6.45) is -28.3. The van der Waals surface area contributed by atoms with Gasteiger partial charge in [0.1, 0.15) is 85.4 Å². The first-order chi connectivity index (χ1) is 42.1. The maximum atomic E-state index is 12.3. The fraction of sp³-hybridized carbons (Fsp3) is 0.885. The summed E-state index contributed by atoms with van der Waals surface area (Å²) in [5.74, 6) is -2.73. The summed E-state index contributed by atoms with van der Waals surface area (Å²) < 4.78 is 60.7. The van der Waals surface area contributed by atoms with Crippen molar-refractivity contribution in [2.75, 3.05) is 78.4 Å². The first-order valence-electron chi connectivity index (χ1n) is 29.4. The maximum Gasteiger partial charge on any atom is 1.00 e. The molecule has 5 amide bonds. The Bertz CT molecular complexity index is 2350. The number of amides is 5. The van der Waals surface area contributed by atoms with Crippen LogP contribution >= 0.6 is 11.8 Å². The van der Waals surface area contributed by atoms with Gasteiger partial charge in [0.05, 0.1) is 109 Å². The molecule has 7 heterocycles. The van der Waals surface area contributed by atoms with E-state index in [0.717, 1.165) is 38.9 Å². The molecule has 1 aromatic heterocycles. The van der Waals surface area contributed by atoms with Gasteiger partial charge in [0, 0.05) is 94.5 Å². The molecule has 1 aromatic rings. The van der Waals surface area contributed by atoms with Crippen LogP contribution in [-0.4, -0.2) is 324 Å². The molecule has 7 rings (SSSR count). The van der Waals surface area contributed by atoms with Crippen LogP contribution in [0.4, 0.5) is 4.79 Å². The topological polar surface area (TPSA) is 508 Å². The average Bonchev–Trinajstić information content (AvgIpc) is 1.64. The van der Waals surface area contributed by atoms with Crippen LogP contribution in [0.2, 0.25) is 0 Å². The van der Waals surface area contributed by atoms with E-state index in [4.69, 9.17) is 47.4 Å². The monoisotopic (exact) mass is 1540 g/mol. The molecule has 0 saturated carbocycles. The van der Waals surface area contributed by atoms with Crippen LogP contribution < -0.4 is 56.1 Å². The summed E-state index contributed by atoms with van der Waals surface area (Å²) >= 11 is 1.86. The zero-order valence-electron chi connectivity index (χ0n) is 50.6. The Morgan fingerprint density at radius 1 is 0.789 bits per heavy atom. The van der Waals surface area contributed by atoms with Crippen LogP contribution in [0.1, 0.15) is 58.6 Å². The summed E-state index contributed by atoms with van der Waals surface area (Å²) in [5.41, 5.74) is 0.328. The number of fused-ring (bicyclic) bond motifs is 1. The molecule has 1 radical (unpaired) electrons. The predicted octanol–water partition coefficient (Wildman–Crippen LogP) is -11.3. The van der Waals surface area contributed by atoms with E-state index in [1.54, 1.807) is 6.20 Å². The number of aliphatic hydroxyl groups is 12. The van der Waals surface area contributed by atoms with Crippen molar-refractivity contribution in [2.45, 2.75) is 212 Å². The number of carbonyl (C=O) groups excluding carboxylic acids is 4. The van der Waals surface area contributed by atoms with Gasteiger partial charge in [-0.3, -0.25) is 19.1 Å². The van der Waals surface area contributed by atoms with Gasteiger partial charge in [-0.15, -0.1) is 5.10 Å². The molecule has 90 heavy (non-hydrogen) atoms. The minimum absolute atomic E-state index is 0. The van der Waals surface area contributed by atoms with Crippen molar-refractivity contribution in [3.63, 3.8) is 0 Å². The molecule has 6 saturated heterocycles. The SMILES string of the molecule is CC(=O)NC1[C@H](O[C@H]2C(CO)O[C@@H](O[C@@H]3C(CO)O[C@@H]([N-]Cc4cn(CCOCCOCCOCCNC(=O)CCCC[C@H]5SC[C@H]6NC(=O)N[C@H]65)nn4)C(O)[C@H]3O)C(O)[C@H]2O[C@]2(C)CC(O)[C@@H](NC(C)=O)C(C(O)[C@H](O)CO)O2)OC(CO)[C@H](O)[C@@H]1O.[Ac].[Na+]. The predicted molar refractivity (Wildman–Crippen MR) is 297 cm³/mol. The fourth-order valence-electron chi connectivity index (χ4n) is 11.3. The standard InChI is InChI=1S/C52H88N9O26S.Ac.Na/c1-24(66)55-36-28(68)16-52(3,86-46(36)38(71)29(69)19-62)87-47-43(76)50(83-32(22-65)45(47)85-49-37(56-25(2)67)40(73)39(72)30(20-63)82-49)84-44-31(21-64)81-48(42(75)41(44)74)54-17-26-18-61(60-59-26)9-11-79-13-15-80-14-12-78-10-8-53-34(70)7-5-4-6-33-35-27(23-88-33)57-51(77)58-35;;/h18,27-33,35-50,62-65,68-69,71-76H,4-17,19-23H2,1-3H3,(H,53,70)(H,55,66)(H,56,67)(H2,57,58,77);;/q-1;;+1/t27-,28?,29-,30?,31?,32?,33-,35-,36-,37?,38?,39+,40-,41-,42?,43?,44-,45+,46?,47-,48-,49+,50+,52-;;/m1../s1. The maximum absolute atomic E-state index is 12.3. The molecule has 507 valence electrons. The molecule has 9 unspecified atom stereocenters. The van der Waals surface area contributed by atoms with Crippen molar-refractivity contribution in [3.05, 3.63) is 17.2 Å². The summed E-state index contributed by atoms with van der Waals surface area (Å²) in [6, 6.07) is -2.77. The van der Waals surface area contributed by atoms with Gasteiger partial charge in [0.15, 0.2) is 18.4 Å². The zero-order valence-corrected chi connectivity index (χ0v) is 58.2. The number of nitrogens with zero attached hydrogens (tertiary/aromatic N) is 4. The molecular formula is C52H88AcN9NaO26S. The summed E-state index contributed by atoms with van der Waals surface area (Å²) in [6.45, 7) is 1.98. The first kappa shape index (κ1) is 79.4. The van der Waals surface area contributed by atoms with Gasteiger partial charge in [-0.2, -0.15) is 11.8 Å². The Balaban J connectivity index is 0.00000736. The molecule has 6 aliphatic heterocycles. The average molecular weight is 1540 g/mol. The number of hydrogen-bond donors (Lipinski definition) is 17. The Morgan fingerprint density at radius 2 is 1.42 bits per heavy atom. The van der Waals surface area contributed by atoms with E-state index < -0.39 is 173 Å². The van der Waals surface area contributed by atoms with Crippen molar-refractivity contribution in [2.24, 2.45) is 0 Å². The van der Waals surface area contributed by atoms with Gasteiger partial charge in [-0.1, -0.05) is 18.2 Å². The molecular weight excluding hydrogens is 1450 g/mol. The second kappa shape index (κ2) is 38.6. The van der Waals surface area contributed by atoms with Crippen LogP contribution in [0.25, 0.3) is 5.32 Å². The third kappa shape index (κ3) is 21.8. The quantitative estimate of drug-likeness (QED) is 0.0173. The molecule has 24 atom stereocenters. The van der Waals surface area contributed by atoms with E-state index in [-0.39, 0.29) is 117 Å². The number of unbranched alkanes of at least 4 members (excludes halogenated alkanes) is 1. The smallest absolute Gasteiger partial charge is 0.629 e. The molecule has 17 N–H and O–H groups in total. The number of nitrogens with one attached hydrogen (secondary N) is 5. The normalized spacial score (nSPS) is 36.5. The number of thioether (sulfide) groups is 1. The Kier molecular flexibility index (Phi) is 34.0. The van der Waals surface area contributed by atoms with Crippen molar-refractivity contribution < 1.29 is 201 Å². The van der Waals surface area contributed by atoms with Crippen LogP contribution in [0.3, 0.4) is 0 Å². The van der Waals surface area contributed by atoms with Crippen LogP contribution in [0, 0.1) is 44.1 Å². The zero-order chi connectivity index (χ0) is 63.8. The molecule has 35 nitrogen and oxygen atoms in total. The van der Waals surface area contributed by atoms with E-state index in [1.165, 1.54) is 11.6 Å². The number of aliphatic hydroxyl groups excluding tert-OH is 12. The second-order valence-corrected chi connectivity index (χ2v) is 23.8. The number of aromatic nitrogens is 3. The van der Waals surface area contributed by atoms with Gasteiger partial charge in [0.2, 0.25) is 17.7 Å². The van der Waals surface area contributed by atoms with Crippen LogP contribution in [-0.2, 0) is 74.8 Å². The summed E-state index contributed by atoms with van der Waals surface area (Å²) in [5, 5.41) is 158. The second-order valence-electron chi connectivity index (χ2n) is 22.5. The van der Waals surface area contributed by atoms with Gasteiger partial charge < -0.3 is 141 Å². The van der Waals surface area contributed by atoms with Gasteiger partial charge in [-0.25, -0.2) is 4.79 Å². The van der Waals surface area contributed by atoms with Crippen molar-refractivity contribution >= 4 is 35.5 Å². The third-order valence-electron chi connectivity index (χ3n) is 15.8. The minimum Gasteiger partial charge on any atom is -0.629 e. The van der Waals surface area contributed by atoms with Crippen molar-refractivity contribution in [1.29, 1.82) is 0 Å². The van der Waals surface area contributed by atoms with Crippen molar-refractivity contribution in [1.82, 2.24) is 41.6 Å². The molecule has 0 spiro atoms. The summed E-state index contributed by atoms with van der Waals surface area (Å²) in [7, 11) is 0. The number of carbonyl (C=O) groups is 4. The van der Waals surface area contributed by atoms with E-state index >= 15 is 0 Å². The molecule has 0 bridgehead atoms. The number of urea groups is 1. The van der Waals surface area contributed by atoms with Crippen molar-refractivity contribution in [3.8, 4) is 0 Å². The Labute approximate surface area is 581 Å². The van der Waals surface area contributed by atoms with E-state index in [1.807, 2.05) is 11.8 Å². The molecule has 6 aliphatic rings.